The third-order valence-corrected chi connectivity index (χ3v) is 8.56. The molecule has 1 N–H and O–H groups in total. The predicted molar refractivity (Wildman–Crippen MR) is 129 cm³/mol. The van der Waals surface area contributed by atoms with Gasteiger partial charge < -0.3 is 5.32 Å². The van der Waals surface area contributed by atoms with Crippen molar-refractivity contribution in [1.82, 2.24) is 19.4 Å². The van der Waals surface area contributed by atoms with Gasteiger partial charge in [-0.25, -0.2) is 8.42 Å². The molecule has 0 radical (unpaired) electrons. The number of carbonyl (C=O) groups excluding carboxylic acids is 1. The van der Waals surface area contributed by atoms with Crippen LogP contribution < -0.4 is 5.32 Å². The summed E-state index contributed by atoms with van der Waals surface area (Å²) in [6.07, 6.45) is 1.13. The third kappa shape index (κ3) is 6.41. The first-order valence-electron chi connectivity index (χ1n) is 11.8. The molecule has 7 nitrogen and oxygen atoms in total. The van der Waals surface area contributed by atoms with Gasteiger partial charge in [-0.2, -0.15) is 4.31 Å². The van der Waals surface area contributed by atoms with Gasteiger partial charge in [0.05, 0.1) is 4.90 Å². The normalized spacial score (nSPS) is 19.4. The molecule has 2 heterocycles. The Morgan fingerprint density at radius 2 is 1.39 bits per heavy atom. The molecule has 1 amide bonds. The average molecular weight is 471 g/mol. The van der Waals surface area contributed by atoms with Crippen LogP contribution in [0.4, 0.5) is 0 Å². The molecule has 33 heavy (non-hydrogen) atoms. The van der Waals surface area contributed by atoms with Crippen molar-refractivity contribution in [2.75, 3.05) is 52.4 Å². The number of piperazine rings is 1. The Bertz CT molecular complexity index is 985. The van der Waals surface area contributed by atoms with Crippen LogP contribution >= 0.6 is 0 Å². The summed E-state index contributed by atoms with van der Waals surface area (Å²) in [6.45, 7) is 7.36. The van der Waals surface area contributed by atoms with Crippen LogP contribution in [0.2, 0.25) is 0 Å². The fraction of sp³-hybridized carbons (Fsp3) is 0.480. The molecule has 0 spiro atoms. The number of piperidine rings is 1. The number of nitrogens with zero attached hydrogens (tertiary/aromatic N) is 3. The summed E-state index contributed by atoms with van der Waals surface area (Å²) in [6, 6.07) is 19.1. The van der Waals surface area contributed by atoms with Gasteiger partial charge in [-0.15, -0.1) is 0 Å². The zero-order valence-corrected chi connectivity index (χ0v) is 19.9. The fourth-order valence-electron chi connectivity index (χ4n) is 4.59. The standard InChI is InChI=1S/C25H34N4O3S/c30-25(23-11-14-29(15-12-23)33(31,32)24-9-5-2-6-10-24)26-13-16-27-17-19-28(20-18-27)21-22-7-3-1-4-8-22/h1-10,23H,11-21H2,(H,26,30). The van der Waals surface area contributed by atoms with Crippen LogP contribution in [0.5, 0.6) is 0 Å². The van der Waals surface area contributed by atoms with Crippen molar-refractivity contribution in [1.29, 1.82) is 0 Å². The molecule has 2 aromatic carbocycles. The predicted octanol–water partition coefficient (Wildman–Crippen LogP) is 2.02. The summed E-state index contributed by atoms with van der Waals surface area (Å²) in [4.78, 5) is 17.8. The molecular formula is C25H34N4O3S. The minimum absolute atomic E-state index is 0.0504. The summed E-state index contributed by atoms with van der Waals surface area (Å²) in [5.74, 6) is -0.0654. The molecule has 0 atom stereocenters. The zero-order chi connectivity index (χ0) is 23.1. The van der Waals surface area contributed by atoms with Gasteiger partial charge in [-0.05, 0) is 30.5 Å². The summed E-state index contributed by atoms with van der Waals surface area (Å²) in [5.41, 5.74) is 1.35. The van der Waals surface area contributed by atoms with E-state index >= 15 is 0 Å². The van der Waals surface area contributed by atoms with Gasteiger partial charge in [0.25, 0.3) is 0 Å². The summed E-state index contributed by atoms with van der Waals surface area (Å²) >= 11 is 0. The van der Waals surface area contributed by atoms with Crippen LogP contribution in [-0.4, -0.2) is 80.8 Å². The van der Waals surface area contributed by atoms with Gasteiger partial charge in [-0.3, -0.25) is 14.6 Å². The molecule has 0 aliphatic carbocycles. The van der Waals surface area contributed by atoms with E-state index in [2.05, 4.69) is 39.4 Å². The first-order chi connectivity index (χ1) is 16.0. The highest BCUT2D eigenvalue weighted by atomic mass is 32.2. The van der Waals surface area contributed by atoms with Crippen LogP contribution in [0.25, 0.3) is 0 Å². The van der Waals surface area contributed by atoms with Gasteiger partial charge in [0, 0.05) is 64.8 Å². The van der Waals surface area contributed by atoms with Crippen LogP contribution in [0.15, 0.2) is 65.6 Å². The lowest BCUT2D eigenvalue weighted by Crippen LogP contribution is -2.48. The summed E-state index contributed by atoms with van der Waals surface area (Å²) < 4.78 is 27.0. The highest BCUT2D eigenvalue weighted by Gasteiger charge is 2.32. The first-order valence-corrected chi connectivity index (χ1v) is 13.3. The molecule has 4 rings (SSSR count). The molecular weight excluding hydrogens is 436 g/mol. The van der Waals surface area contributed by atoms with Crippen molar-refractivity contribution >= 4 is 15.9 Å². The highest BCUT2D eigenvalue weighted by molar-refractivity contribution is 7.89. The van der Waals surface area contributed by atoms with Crippen molar-refractivity contribution in [2.24, 2.45) is 5.92 Å². The van der Waals surface area contributed by atoms with E-state index in [1.165, 1.54) is 9.87 Å². The maximum Gasteiger partial charge on any atom is 0.243 e. The van der Waals surface area contributed by atoms with E-state index in [1.54, 1.807) is 30.3 Å². The van der Waals surface area contributed by atoms with E-state index in [0.29, 0.717) is 37.4 Å². The Morgan fingerprint density at radius 1 is 0.818 bits per heavy atom. The number of benzene rings is 2. The maximum absolute atomic E-state index is 12.8. The van der Waals surface area contributed by atoms with Crippen molar-refractivity contribution in [2.45, 2.75) is 24.3 Å². The van der Waals surface area contributed by atoms with Gasteiger partial charge in [0.15, 0.2) is 0 Å². The fourth-order valence-corrected chi connectivity index (χ4v) is 6.08. The highest BCUT2D eigenvalue weighted by Crippen LogP contribution is 2.23. The number of carbonyl (C=O) groups is 1. The summed E-state index contributed by atoms with van der Waals surface area (Å²) in [7, 11) is -3.48. The topological polar surface area (TPSA) is 73.0 Å². The van der Waals surface area contributed by atoms with Crippen LogP contribution in [-0.2, 0) is 21.4 Å². The number of rotatable bonds is 8. The molecule has 0 saturated carbocycles. The Morgan fingerprint density at radius 3 is 2.03 bits per heavy atom. The molecule has 2 fully saturated rings. The third-order valence-electron chi connectivity index (χ3n) is 6.65. The lowest BCUT2D eigenvalue weighted by molar-refractivity contribution is -0.126. The molecule has 2 aliphatic heterocycles. The minimum atomic E-state index is -3.48. The van der Waals surface area contributed by atoms with Crippen LogP contribution in [0.1, 0.15) is 18.4 Å². The van der Waals surface area contributed by atoms with Crippen molar-refractivity contribution < 1.29 is 13.2 Å². The Kier molecular flexibility index (Phi) is 8.14. The molecule has 2 aromatic rings. The summed E-state index contributed by atoms with van der Waals surface area (Å²) in [5, 5.41) is 3.07. The van der Waals surface area contributed by atoms with Crippen LogP contribution in [0, 0.1) is 5.92 Å². The minimum Gasteiger partial charge on any atom is -0.355 e. The van der Waals surface area contributed by atoms with E-state index in [1.807, 2.05) is 6.07 Å². The Hall–Kier alpha value is -2.26. The monoisotopic (exact) mass is 470 g/mol. The number of amides is 1. The van der Waals surface area contributed by atoms with Crippen LogP contribution in [0.3, 0.4) is 0 Å². The van der Waals surface area contributed by atoms with E-state index in [-0.39, 0.29) is 11.8 Å². The molecule has 0 aromatic heterocycles. The van der Waals surface area contributed by atoms with Gasteiger partial charge in [0.2, 0.25) is 15.9 Å². The Labute approximate surface area is 197 Å². The largest absolute Gasteiger partial charge is 0.355 e. The SMILES string of the molecule is O=C(NCCN1CCN(Cc2ccccc2)CC1)C1CCN(S(=O)(=O)c2ccccc2)CC1. The van der Waals surface area contributed by atoms with Crippen molar-refractivity contribution in [3.8, 4) is 0 Å². The Balaban J connectivity index is 1.14. The van der Waals surface area contributed by atoms with Gasteiger partial charge >= 0.3 is 0 Å². The lowest BCUT2D eigenvalue weighted by atomic mass is 9.97. The maximum atomic E-state index is 12.8. The van der Waals surface area contributed by atoms with E-state index < -0.39 is 10.0 Å². The number of hydrogen-bond donors (Lipinski definition) is 1. The molecule has 178 valence electrons. The first kappa shape index (κ1) is 23.9. The molecule has 2 saturated heterocycles. The molecule has 0 bridgehead atoms. The average Bonchev–Trinajstić information content (AvgIpc) is 2.86. The number of sulfonamides is 1. The quantitative estimate of drug-likeness (QED) is 0.639. The van der Waals surface area contributed by atoms with Crippen molar-refractivity contribution in [3.63, 3.8) is 0 Å². The molecule has 0 unspecified atom stereocenters. The van der Waals surface area contributed by atoms with Gasteiger partial charge in [-0.1, -0.05) is 48.5 Å². The molecule has 8 heteroatoms. The van der Waals surface area contributed by atoms with E-state index in [4.69, 9.17) is 0 Å². The number of nitrogens with one attached hydrogen (secondary N) is 1. The zero-order valence-electron chi connectivity index (χ0n) is 19.1. The van der Waals surface area contributed by atoms with Crippen molar-refractivity contribution in [3.05, 3.63) is 66.2 Å². The smallest absolute Gasteiger partial charge is 0.243 e. The van der Waals surface area contributed by atoms with E-state index in [0.717, 1.165) is 39.3 Å². The lowest BCUT2D eigenvalue weighted by Gasteiger charge is -2.35. The van der Waals surface area contributed by atoms with E-state index in [9.17, 15) is 13.2 Å². The van der Waals surface area contributed by atoms with Gasteiger partial charge in [0.1, 0.15) is 0 Å². The second kappa shape index (κ2) is 11.2. The number of hydrogen-bond acceptors (Lipinski definition) is 5. The second-order valence-electron chi connectivity index (χ2n) is 8.89. The second-order valence-corrected chi connectivity index (χ2v) is 10.8. The molecule has 2 aliphatic rings.